The van der Waals surface area contributed by atoms with Crippen molar-refractivity contribution in [3.05, 3.63) is 35.9 Å². The molecule has 2 aliphatic heterocycles. The quantitative estimate of drug-likeness (QED) is 0.790. The molecule has 2 amide bonds. The fourth-order valence-electron chi connectivity index (χ4n) is 4.05. The van der Waals surface area contributed by atoms with E-state index in [1.165, 1.54) is 5.56 Å². The van der Waals surface area contributed by atoms with Crippen molar-refractivity contribution in [2.75, 3.05) is 19.6 Å². The van der Waals surface area contributed by atoms with Gasteiger partial charge in [-0.05, 0) is 18.4 Å². The van der Waals surface area contributed by atoms with E-state index in [1.807, 2.05) is 15.9 Å². The first-order chi connectivity index (χ1) is 10.0. The van der Waals surface area contributed by atoms with Crippen LogP contribution >= 0.6 is 0 Å². The molecule has 0 N–H and O–H groups in total. The Bertz CT molecular complexity index is 557. The smallest absolute Gasteiger partial charge is 0.219 e. The number of benzene rings is 1. The summed E-state index contributed by atoms with van der Waals surface area (Å²) in [7, 11) is 0. The van der Waals surface area contributed by atoms with Crippen molar-refractivity contribution in [1.29, 1.82) is 0 Å². The molecule has 2 aliphatic rings. The number of fused-ring (bicyclic) bond motifs is 1. The van der Waals surface area contributed by atoms with Crippen molar-refractivity contribution in [2.45, 2.75) is 38.1 Å². The number of likely N-dealkylation sites (tertiary alicyclic amines) is 2. The highest BCUT2D eigenvalue weighted by atomic mass is 16.2. The molecular weight excluding hydrogens is 264 g/mol. The number of hydrogen-bond acceptors (Lipinski definition) is 2. The van der Waals surface area contributed by atoms with Gasteiger partial charge in [-0.3, -0.25) is 9.59 Å². The topological polar surface area (TPSA) is 40.6 Å². The summed E-state index contributed by atoms with van der Waals surface area (Å²) in [6.07, 6.45) is 1.93. The second-order valence-corrected chi connectivity index (χ2v) is 6.22. The largest absolute Gasteiger partial charge is 0.341 e. The van der Waals surface area contributed by atoms with E-state index in [2.05, 4.69) is 24.3 Å². The summed E-state index contributed by atoms with van der Waals surface area (Å²) in [5, 5.41) is 0. The summed E-state index contributed by atoms with van der Waals surface area (Å²) in [4.78, 5) is 27.5. The Morgan fingerprint density at radius 3 is 2.33 bits per heavy atom. The molecule has 2 unspecified atom stereocenters. The van der Waals surface area contributed by atoms with Crippen molar-refractivity contribution in [3.63, 3.8) is 0 Å². The van der Waals surface area contributed by atoms with Crippen LogP contribution in [0.2, 0.25) is 0 Å². The number of piperidine rings is 1. The molecule has 1 aromatic rings. The predicted octanol–water partition coefficient (Wildman–Crippen LogP) is 1.80. The maximum absolute atomic E-state index is 12.0. The van der Waals surface area contributed by atoms with Gasteiger partial charge in [0.15, 0.2) is 0 Å². The highest BCUT2D eigenvalue weighted by Crippen LogP contribution is 2.45. The van der Waals surface area contributed by atoms with Crippen molar-refractivity contribution in [1.82, 2.24) is 9.80 Å². The molecule has 0 radical (unpaired) electrons. The molecule has 0 bridgehead atoms. The van der Waals surface area contributed by atoms with Gasteiger partial charge in [0.25, 0.3) is 0 Å². The second-order valence-electron chi connectivity index (χ2n) is 6.22. The highest BCUT2D eigenvalue weighted by molar-refractivity contribution is 5.76. The lowest BCUT2D eigenvalue weighted by molar-refractivity contribution is -0.136. The van der Waals surface area contributed by atoms with Gasteiger partial charge >= 0.3 is 0 Å². The molecule has 0 aliphatic carbocycles. The van der Waals surface area contributed by atoms with E-state index in [1.54, 1.807) is 13.8 Å². The minimum absolute atomic E-state index is 0.0128. The Kier molecular flexibility index (Phi) is 3.47. The number of nitrogens with zero attached hydrogens (tertiary/aromatic N) is 2. The van der Waals surface area contributed by atoms with Crippen LogP contribution in [0.1, 0.15) is 32.3 Å². The second kappa shape index (κ2) is 5.17. The lowest BCUT2D eigenvalue weighted by atomic mass is 9.69. The van der Waals surface area contributed by atoms with Gasteiger partial charge in [0.2, 0.25) is 11.8 Å². The minimum Gasteiger partial charge on any atom is -0.341 e. The zero-order valence-electron chi connectivity index (χ0n) is 12.7. The van der Waals surface area contributed by atoms with Crippen LogP contribution in [0, 0.1) is 0 Å². The summed E-state index contributed by atoms with van der Waals surface area (Å²) in [5.41, 5.74) is 1.32. The molecule has 21 heavy (non-hydrogen) atoms. The standard InChI is InChI=1S/C17H22N2O2/c1-13(20)18-10-8-17(15-6-4-3-5-7-15)9-11-19(14(2)21)16(17)12-18/h3-7,16H,8-12H2,1-2H3. The number of carbonyl (C=O) groups excluding carboxylic acids is 2. The molecule has 1 aromatic carbocycles. The molecule has 3 rings (SSSR count). The first-order valence-electron chi connectivity index (χ1n) is 7.63. The van der Waals surface area contributed by atoms with Crippen molar-refractivity contribution >= 4 is 11.8 Å². The predicted molar refractivity (Wildman–Crippen MR) is 80.8 cm³/mol. The van der Waals surface area contributed by atoms with Crippen LogP contribution in [0.5, 0.6) is 0 Å². The zero-order chi connectivity index (χ0) is 15.0. The van der Waals surface area contributed by atoms with Gasteiger partial charge in [0, 0.05) is 38.9 Å². The van der Waals surface area contributed by atoms with E-state index in [0.717, 1.165) is 25.9 Å². The summed E-state index contributed by atoms with van der Waals surface area (Å²) in [5.74, 6) is 0.218. The van der Waals surface area contributed by atoms with Crippen LogP contribution in [0.15, 0.2) is 30.3 Å². The van der Waals surface area contributed by atoms with Gasteiger partial charge in [-0.15, -0.1) is 0 Å². The maximum Gasteiger partial charge on any atom is 0.219 e. The normalized spacial score (nSPS) is 28.4. The molecule has 0 aromatic heterocycles. The van der Waals surface area contributed by atoms with Crippen LogP contribution in [0.3, 0.4) is 0 Å². The number of hydrogen-bond donors (Lipinski definition) is 0. The zero-order valence-corrected chi connectivity index (χ0v) is 12.7. The lowest BCUT2D eigenvalue weighted by Crippen LogP contribution is -2.57. The summed E-state index contributed by atoms with van der Waals surface area (Å²) in [6, 6.07) is 10.6. The van der Waals surface area contributed by atoms with E-state index in [9.17, 15) is 9.59 Å². The lowest BCUT2D eigenvalue weighted by Gasteiger charge is -2.46. The molecule has 0 saturated carbocycles. The number of rotatable bonds is 1. The molecule has 2 atom stereocenters. The monoisotopic (exact) mass is 286 g/mol. The molecule has 2 fully saturated rings. The number of carbonyl (C=O) groups is 2. The summed E-state index contributed by atoms with van der Waals surface area (Å²) in [6.45, 7) is 5.48. The summed E-state index contributed by atoms with van der Waals surface area (Å²) >= 11 is 0. The number of amides is 2. The van der Waals surface area contributed by atoms with Gasteiger partial charge in [-0.25, -0.2) is 0 Å². The molecule has 4 nitrogen and oxygen atoms in total. The molecule has 4 heteroatoms. The van der Waals surface area contributed by atoms with Gasteiger partial charge in [0.05, 0.1) is 6.04 Å². The molecule has 2 heterocycles. The van der Waals surface area contributed by atoms with Crippen LogP contribution < -0.4 is 0 Å². The van der Waals surface area contributed by atoms with E-state index >= 15 is 0 Å². The van der Waals surface area contributed by atoms with Crippen LogP contribution in [0.4, 0.5) is 0 Å². The Morgan fingerprint density at radius 1 is 1.05 bits per heavy atom. The fourth-order valence-corrected chi connectivity index (χ4v) is 4.05. The highest BCUT2D eigenvalue weighted by Gasteiger charge is 2.52. The third-order valence-corrected chi connectivity index (χ3v) is 5.23. The van der Waals surface area contributed by atoms with Gasteiger partial charge in [0.1, 0.15) is 0 Å². The Hall–Kier alpha value is -1.84. The van der Waals surface area contributed by atoms with E-state index in [0.29, 0.717) is 6.54 Å². The van der Waals surface area contributed by atoms with Crippen molar-refractivity contribution < 1.29 is 9.59 Å². The average molecular weight is 286 g/mol. The minimum atomic E-state index is 0.0128. The maximum atomic E-state index is 12.0. The molecule has 2 saturated heterocycles. The van der Waals surface area contributed by atoms with E-state index in [-0.39, 0.29) is 23.3 Å². The first kappa shape index (κ1) is 14.1. The fraction of sp³-hybridized carbons (Fsp3) is 0.529. The van der Waals surface area contributed by atoms with Gasteiger partial charge in [-0.2, -0.15) is 0 Å². The summed E-state index contributed by atoms with van der Waals surface area (Å²) < 4.78 is 0. The third kappa shape index (κ3) is 2.23. The first-order valence-corrected chi connectivity index (χ1v) is 7.63. The van der Waals surface area contributed by atoms with Gasteiger partial charge in [-0.1, -0.05) is 30.3 Å². The van der Waals surface area contributed by atoms with Crippen LogP contribution in [-0.2, 0) is 15.0 Å². The van der Waals surface area contributed by atoms with Crippen LogP contribution in [0.25, 0.3) is 0 Å². The third-order valence-electron chi connectivity index (χ3n) is 5.23. The van der Waals surface area contributed by atoms with Crippen molar-refractivity contribution in [3.8, 4) is 0 Å². The Balaban J connectivity index is 1.99. The average Bonchev–Trinajstić information content (AvgIpc) is 2.88. The van der Waals surface area contributed by atoms with Crippen LogP contribution in [-0.4, -0.2) is 47.3 Å². The molecule has 0 spiro atoms. The van der Waals surface area contributed by atoms with E-state index in [4.69, 9.17) is 0 Å². The Labute approximate surface area is 125 Å². The molecular formula is C17H22N2O2. The van der Waals surface area contributed by atoms with Crippen molar-refractivity contribution in [2.24, 2.45) is 0 Å². The van der Waals surface area contributed by atoms with Gasteiger partial charge < -0.3 is 9.80 Å². The Morgan fingerprint density at radius 2 is 1.71 bits per heavy atom. The SMILES string of the molecule is CC(=O)N1CCC2(c3ccccc3)CCN(C(C)=O)C2C1. The van der Waals surface area contributed by atoms with E-state index < -0.39 is 0 Å². The molecule has 112 valence electrons.